The van der Waals surface area contributed by atoms with Crippen molar-refractivity contribution < 1.29 is 32.6 Å². The van der Waals surface area contributed by atoms with Crippen molar-refractivity contribution in [2.45, 2.75) is 83.8 Å². The maximum absolute atomic E-state index is 17.1. The van der Waals surface area contributed by atoms with E-state index in [0.29, 0.717) is 12.8 Å². The summed E-state index contributed by atoms with van der Waals surface area (Å²) in [6.45, 7) is 6.65. The lowest BCUT2D eigenvalue weighted by Gasteiger charge is -2.62. The third-order valence-electron chi connectivity index (χ3n) is 8.69. The van der Waals surface area contributed by atoms with Crippen molar-refractivity contribution in [3.8, 4) is 0 Å². The van der Waals surface area contributed by atoms with Crippen LogP contribution in [0.2, 0.25) is 0 Å². The van der Waals surface area contributed by atoms with Crippen LogP contribution in [0, 0.1) is 28.6 Å². The Morgan fingerprint density at radius 1 is 1.32 bits per heavy atom. The molecule has 0 aromatic rings. The highest BCUT2D eigenvalue weighted by molar-refractivity contribution is 6.04. The van der Waals surface area contributed by atoms with Gasteiger partial charge in [-0.25, -0.2) is 13.2 Å². The first kappa shape index (κ1) is 22.6. The van der Waals surface area contributed by atoms with Gasteiger partial charge >= 0.3 is 5.97 Å². The van der Waals surface area contributed by atoms with Crippen molar-refractivity contribution in [1.29, 1.82) is 0 Å². The van der Waals surface area contributed by atoms with Crippen LogP contribution in [0.1, 0.15) is 59.8 Å². The Kier molecular flexibility index (Phi) is 5.23. The lowest BCUT2D eigenvalue weighted by molar-refractivity contribution is -0.218. The average Bonchev–Trinajstić information content (AvgIpc) is 2.93. The number of allylic oxidation sites excluding steroid dienone is 4. The minimum atomic E-state index is -2.33. The Bertz CT molecular complexity index is 869. The number of aliphatic hydroxyl groups excluding tert-OH is 1. The number of rotatable bonds is 3. The number of hydrogen-bond donors (Lipinski definition) is 1. The van der Waals surface area contributed by atoms with E-state index in [1.165, 1.54) is 19.9 Å². The molecule has 0 saturated heterocycles. The number of carbonyl (C=O) groups excluding carboxylic acids is 2. The zero-order chi connectivity index (χ0) is 22.9. The Morgan fingerprint density at radius 2 is 2.00 bits per heavy atom. The molecule has 9 atom stereocenters. The molecule has 0 unspecified atom stereocenters. The normalized spacial score (nSPS) is 48.8. The van der Waals surface area contributed by atoms with Gasteiger partial charge in [-0.1, -0.05) is 26.3 Å². The van der Waals surface area contributed by atoms with E-state index < -0.39 is 63.9 Å². The van der Waals surface area contributed by atoms with Crippen LogP contribution in [0.4, 0.5) is 13.2 Å². The first-order valence-corrected chi connectivity index (χ1v) is 11.3. The molecule has 4 aliphatic rings. The van der Waals surface area contributed by atoms with Gasteiger partial charge in [-0.3, -0.25) is 9.59 Å². The topological polar surface area (TPSA) is 63.6 Å². The molecule has 0 heterocycles. The molecule has 1 N–H and O–H groups in total. The van der Waals surface area contributed by atoms with Crippen LogP contribution in [0.5, 0.6) is 0 Å². The van der Waals surface area contributed by atoms with Gasteiger partial charge in [0, 0.05) is 29.2 Å². The third kappa shape index (κ3) is 2.77. The van der Waals surface area contributed by atoms with Crippen molar-refractivity contribution in [3.05, 3.63) is 23.6 Å². The minimum absolute atomic E-state index is 0.0457. The fourth-order valence-corrected chi connectivity index (χ4v) is 7.70. The van der Waals surface area contributed by atoms with Gasteiger partial charge < -0.3 is 9.84 Å². The van der Waals surface area contributed by atoms with E-state index in [0.717, 1.165) is 12.5 Å². The maximum Gasteiger partial charge on any atom is 0.302 e. The SMILES string of the molecule is CCC[C@]12C[C@H](O)[C@@]3(F)[C@@H](C[C@H](F)C4=C(F)C(=O)C=C[C@@]43C)[C@@H]1C[C@H](C)[C@H]2OC(C)=O. The summed E-state index contributed by atoms with van der Waals surface area (Å²) in [4.78, 5) is 23.7. The molecule has 4 nitrogen and oxygen atoms in total. The molecular weight excluding hydrogens is 409 g/mol. The number of alkyl halides is 2. The summed E-state index contributed by atoms with van der Waals surface area (Å²) in [5, 5.41) is 11.3. The second kappa shape index (κ2) is 7.19. The van der Waals surface area contributed by atoms with Gasteiger partial charge in [0.2, 0.25) is 5.78 Å². The second-order valence-corrected chi connectivity index (χ2v) is 10.3. The monoisotopic (exact) mass is 440 g/mol. The molecule has 0 radical (unpaired) electrons. The van der Waals surface area contributed by atoms with Crippen LogP contribution >= 0.6 is 0 Å². The van der Waals surface area contributed by atoms with E-state index in [4.69, 9.17) is 4.74 Å². The molecule has 7 heteroatoms. The van der Waals surface area contributed by atoms with E-state index in [1.54, 1.807) is 0 Å². The van der Waals surface area contributed by atoms with Crippen LogP contribution in [-0.4, -0.2) is 40.9 Å². The predicted octanol–water partition coefficient (Wildman–Crippen LogP) is 4.56. The molecule has 172 valence electrons. The predicted molar refractivity (Wildman–Crippen MR) is 108 cm³/mol. The van der Waals surface area contributed by atoms with Crippen molar-refractivity contribution >= 4 is 11.8 Å². The molecule has 3 fully saturated rings. The summed E-state index contributed by atoms with van der Waals surface area (Å²) in [6, 6.07) is 0. The highest BCUT2D eigenvalue weighted by Crippen LogP contribution is 2.70. The van der Waals surface area contributed by atoms with Crippen LogP contribution < -0.4 is 0 Å². The first-order chi connectivity index (χ1) is 14.4. The number of carbonyl (C=O) groups is 2. The Balaban J connectivity index is 1.87. The van der Waals surface area contributed by atoms with E-state index >= 15 is 8.78 Å². The molecule has 0 aromatic heterocycles. The summed E-state index contributed by atoms with van der Waals surface area (Å²) in [7, 11) is 0. The lowest BCUT2D eigenvalue weighted by atomic mass is 9.44. The molecule has 3 saturated carbocycles. The summed E-state index contributed by atoms with van der Waals surface area (Å²) in [5.74, 6) is -3.93. The quantitative estimate of drug-likeness (QED) is 0.654. The summed E-state index contributed by atoms with van der Waals surface area (Å²) >= 11 is 0. The zero-order valence-electron chi connectivity index (χ0n) is 18.5. The smallest absolute Gasteiger partial charge is 0.302 e. The second-order valence-electron chi connectivity index (χ2n) is 10.3. The van der Waals surface area contributed by atoms with Gasteiger partial charge in [0.1, 0.15) is 12.3 Å². The van der Waals surface area contributed by atoms with Crippen LogP contribution in [0.15, 0.2) is 23.6 Å². The highest BCUT2D eigenvalue weighted by atomic mass is 19.2. The highest BCUT2D eigenvalue weighted by Gasteiger charge is 2.74. The molecule has 4 aliphatic carbocycles. The number of fused-ring (bicyclic) bond motifs is 5. The van der Waals surface area contributed by atoms with Gasteiger partial charge in [-0.05, 0) is 50.5 Å². The number of aliphatic hydroxyl groups is 1. The Hall–Kier alpha value is -1.63. The molecule has 0 spiro atoms. The summed E-state index contributed by atoms with van der Waals surface area (Å²) < 4.78 is 52.9. The van der Waals surface area contributed by atoms with Crippen molar-refractivity contribution in [1.82, 2.24) is 0 Å². The van der Waals surface area contributed by atoms with Crippen LogP contribution in [0.3, 0.4) is 0 Å². The molecular formula is C24H31F3O4. The van der Waals surface area contributed by atoms with Gasteiger partial charge in [0.25, 0.3) is 0 Å². The molecule has 31 heavy (non-hydrogen) atoms. The van der Waals surface area contributed by atoms with Gasteiger partial charge in [-0.2, -0.15) is 0 Å². The number of esters is 1. The first-order valence-electron chi connectivity index (χ1n) is 11.3. The van der Waals surface area contributed by atoms with Crippen molar-refractivity contribution in [3.63, 3.8) is 0 Å². The number of halogens is 3. The van der Waals surface area contributed by atoms with Gasteiger partial charge in [0.15, 0.2) is 11.5 Å². The molecule has 0 aromatic carbocycles. The largest absolute Gasteiger partial charge is 0.462 e. The van der Waals surface area contributed by atoms with E-state index in [9.17, 15) is 19.1 Å². The van der Waals surface area contributed by atoms with Crippen LogP contribution in [0.25, 0.3) is 0 Å². The van der Waals surface area contributed by atoms with E-state index in [-0.39, 0.29) is 24.7 Å². The van der Waals surface area contributed by atoms with E-state index in [2.05, 4.69) is 0 Å². The molecule has 4 rings (SSSR count). The average molecular weight is 441 g/mol. The Morgan fingerprint density at radius 3 is 2.61 bits per heavy atom. The Labute approximate surface area is 180 Å². The van der Waals surface area contributed by atoms with Gasteiger partial charge in [0.05, 0.1) is 6.10 Å². The molecule has 0 amide bonds. The third-order valence-corrected chi connectivity index (χ3v) is 8.69. The van der Waals surface area contributed by atoms with Crippen LogP contribution in [-0.2, 0) is 14.3 Å². The van der Waals surface area contributed by atoms with E-state index in [1.807, 2.05) is 13.8 Å². The molecule has 0 aliphatic heterocycles. The fourth-order valence-electron chi connectivity index (χ4n) is 7.70. The number of ether oxygens (including phenoxy) is 1. The van der Waals surface area contributed by atoms with Gasteiger partial charge in [-0.15, -0.1) is 0 Å². The number of hydrogen-bond acceptors (Lipinski definition) is 4. The molecule has 0 bridgehead atoms. The standard InChI is InChI=1S/C24H31F3O4/c1-5-7-23-11-18(30)24(27)15(14(23)9-12(2)21(23)31-13(3)28)10-16(25)19-20(26)17(29)6-8-22(19,24)4/h6,8,12,14-16,18,21,30H,5,7,9-11H2,1-4H3/t12-,14-,15-,16-,18-,21+,22-,23-,24-/m0/s1. The zero-order valence-corrected chi connectivity index (χ0v) is 18.5. The van der Waals surface area contributed by atoms with Crippen molar-refractivity contribution in [2.24, 2.45) is 28.6 Å². The summed E-state index contributed by atoms with van der Waals surface area (Å²) in [5.41, 5.74) is -5.23. The minimum Gasteiger partial charge on any atom is -0.462 e. The maximum atomic E-state index is 17.1. The van der Waals surface area contributed by atoms with Crippen molar-refractivity contribution in [2.75, 3.05) is 0 Å². The lowest BCUT2D eigenvalue weighted by Crippen LogP contribution is -2.69. The number of ketones is 1. The fraction of sp³-hybridized carbons (Fsp3) is 0.750. The summed E-state index contributed by atoms with van der Waals surface area (Å²) in [6.07, 6.45) is 0.00625.